The first-order valence-corrected chi connectivity index (χ1v) is 11.9. The average Bonchev–Trinajstić information content (AvgIpc) is 3.08. The summed E-state index contributed by atoms with van der Waals surface area (Å²) in [6.07, 6.45) is 6.67. The molecular weight excluding hydrogens is 437 g/mol. The number of allylic oxidation sites excluding steroid dienone is 3. The number of ether oxygens (including phenoxy) is 1. The number of carbonyl (C=O) groups excluding carboxylic acids is 2. The molecule has 0 aromatic heterocycles. The van der Waals surface area contributed by atoms with E-state index in [0.717, 1.165) is 26.1 Å². The number of likely N-dealkylation sites (N-methyl/N-ethyl adjacent to an activating group) is 1. The fourth-order valence-corrected chi connectivity index (χ4v) is 4.67. The Balaban J connectivity index is 1.39. The van der Waals surface area contributed by atoms with Gasteiger partial charge in [0.25, 0.3) is 0 Å². The molecule has 2 heterocycles. The van der Waals surface area contributed by atoms with Crippen LogP contribution in [-0.2, 0) is 9.53 Å². The lowest BCUT2D eigenvalue weighted by Crippen LogP contribution is -2.42. The summed E-state index contributed by atoms with van der Waals surface area (Å²) in [6, 6.07) is 4.89. The molecule has 1 aliphatic carbocycles. The first-order chi connectivity index (χ1) is 16.3. The average molecular weight is 472 g/mol. The molecule has 8 nitrogen and oxygen atoms in total. The summed E-state index contributed by atoms with van der Waals surface area (Å²) in [4.78, 5) is 26.9. The zero-order valence-corrected chi connectivity index (χ0v) is 20.2. The highest BCUT2D eigenvalue weighted by Gasteiger charge is 2.33. The number of hydrogen-bond donors (Lipinski definition) is 1. The monoisotopic (exact) mass is 471 g/mol. The van der Waals surface area contributed by atoms with Crippen molar-refractivity contribution in [3.8, 4) is 0 Å². The molecule has 2 aliphatic heterocycles. The van der Waals surface area contributed by atoms with Gasteiger partial charge in [0.1, 0.15) is 11.9 Å². The minimum atomic E-state index is -0.532. The van der Waals surface area contributed by atoms with Crippen LogP contribution in [0.15, 0.2) is 42.0 Å². The number of amides is 2. The van der Waals surface area contributed by atoms with Crippen LogP contribution in [0.25, 0.3) is 0 Å². The summed E-state index contributed by atoms with van der Waals surface area (Å²) < 4.78 is 20.5. The quantitative estimate of drug-likeness (QED) is 0.688. The Morgan fingerprint density at radius 3 is 2.76 bits per heavy atom. The fourth-order valence-electron chi connectivity index (χ4n) is 4.67. The number of nitrogens with one attached hydrogen (secondary N) is 1. The molecule has 34 heavy (non-hydrogen) atoms. The molecule has 9 heteroatoms. The van der Waals surface area contributed by atoms with Crippen molar-refractivity contribution in [2.45, 2.75) is 26.4 Å². The highest BCUT2D eigenvalue weighted by molar-refractivity contribution is 5.90. The van der Waals surface area contributed by atoms with Crippen LogP contribution in [0.2, 0.25) is 0 Å². The number of nitrogens with zero attached hydrogens (tertiary/aromatic N) is 4. The van der Waals surface area contributed by atoms with E-state index in [4.69, 9.17) is 4.74 Å². The van der Waals surface area contributed by atoms with E-state index >= 15 is 4.39 Å². The maximum absolute atomic E-state index is 15.2. The van der Waals surface area contributed by atoms with E-state index in [1.165, 1.54) is 23.5 Å². The molecule has 4 rings (SSSR count). The second-order valence-corrected chi connectivity index (χ2v) is 9.34. The zero-order chi connectivity index (χ0) is 24.2. The molecular formula is C25H34FN5O3. The third-order valence-electron chi connectivity index (χ3n) is 6.58. The molecule has 0 bridgehead atoms. The first-order valence-electron chi connectivity index (χ1n) is 11.9. The van der Waals surface area contributed by atoms with Gasteiger partial charge >= 0.3 is 6.09 Å². The Labute approximate surface area is 200 Å². The van der Waals surface area contributed by atoms with Gasteiger partial charge < -0.3 is 15.0 Å². The van der Waals surface area contributed by atoms with Crippen LogP contribution in [0, 0.1) is 11.7 Å². The van der Waals surface area contributed by atoms with Crippen LogP contribution in [0.4, 0.5) is 20.6 Å². The van der Waals surface area contributed by atoms with E-state index in [-0.39, 0.29) is 24.8 Å². The number of hydrazine groups is 1. The number of carbonyl (C=O) groups is 2. The Hall–Kier alpha value is -2.91. The van der Waals surface area contributed by atoms with Crippen molar-refractivity contribution in [2.24, 2.45) is 5.92 Å². The van der Waals surface area contributed by atoms with Gasteiger partial charge in [-0.2, -0.15) is 0 Å². The Morgan fingerprint density at radius 2 is 2.03 bits per heavy atom. The van der Waals surface area contributed by atoms with Crippen molar-refractivity contribution in [3.63, 3.8) is 0 Å². The number of cyclic esters (lactones) is 1. The molecule has 1 aromatic carbocycles. The Kier molecular flexibility index (Phi) is 7.53. The predicted molar refractivity (Wildman–Crippen MR) is 130 cm³/mol. The van der Waals surface area contributed by atoms with Gasteiger partial charge in [0.15, 0.2) is 0 Å². The first kappa shape index (κ1) is 24.2. The summed E-state index contributed by atoms with van der Waals surface area (Å²) in [7, 11) is 2.09. The largest absolute Gasteiger partial charge is 0.442 e. The van der Waals surface area contributed by atoms with Crippen molar-refractivity contribution in [1.29, 1.82) is 0 Å². The van der Waals surface area contributed by atoms with E-state index in [0.29, 0.717) is 30.4 Å². The molecule has 2 saturated heterocycles. The minimum absolute atomic E-state index is 0.187. The maximum atomic E-state index is 15.2. The van der Waals surface area contributed by atoms with Gasteiger partial charge in [0, 0.05) is 46.7 Å². The number of benzene rings is 1. The molecule has 2 atom stereocenters. The van der Waals surface area contributed by atoms with Crippen LogP contribution < -0.4 is 15.1 Å². The summed E-state index contributed by atoms with van der Waals surface area (Å²) in [5.41, 5.74) is 2.41. The summed E-state index contributed by atoms with van der Waals surface area (Å²) >= 11 is 0. The van der Waals surface area contributed by atoms with E-state index in [1.807, 2.05) is 0 Å². The lowest BCUT2D eigenvalue weighted by Gasteiger charge is -2.31. The second kappa shape index (κ2) is 10.6. The van der Waals surface area contributed by atoms with Crippen molar-refractivity contribution < 1.29 is 18.7 Å². The lowest BCUT2D eigenvalue weighted by atomic mass is 9.96. The minimum Gasteiger partial charge on any atom is -0.442 e. The Morgan fingerprint density at radius 1 is 1.24 bits per heavy atom. The second-order valence-electron chi connectivity index (χ2n) is 9.34. The predicted octanol–water partition coefficient (Wildman–Crippen LogP) is 2.78. The third-order valence-corrected chi connectivity index (χ3v) is 6.58. The fraction of sp³-hybridized carbons (Fsp3) is 0.520. The Bertz CT molecular complexity index is 981. The van der Waals surface area contributed by atoms with Crippen LogP contribution in [0.1, 0.15) is 20.3 Å². The van der Waals surface area contributed by atoms with Gasteiger partial charge in [-0.3, -0.25) is 9.69 Å². The lowest BCUT2D eigenvalue weighted by molar-refractivity contribution is -0.119. The van der Waals surface area contributed by atoms with Crippen LogP contribution >= 0.6 is 0 Å². The standard InChI is InChI=1S/C25H34FN5O3/c1-18-5-4-6-20(13-18)16-30-12-11-29(10-9-28(30)3)24-8-7-21(14-23(24)26)31-17-22(34-25(31)33)15-27-19(2)32/h4-8,14,18,22H,9-13,15-17H2,1-3H3,(H,27,32)/t18?,22-/m0/s1. The van der Waals surface area contributed by atoms with E-state index in [2.05, 4.69) is 52.4 Å². The maximum Gasteiger partial charge on any atom is 0.414 e. The molecule has 1 aromatic rings. The third kappa shape index (κ3) is 5.77. The van der Waals surface area contributed by atoms with E-state index in [9.17, 15) is 9.59 Å². The van der Waals surface area contributed by atoms with Gasteiger partial charge in [-0.1, -0.05) is 30.7 Å². The molecule has 2 amide bonds. The van der Waals surface area contributed by atoms with Crippen molar-refractivity contribution in [1.82, 2.24) is 15.3 Å². The van der Waals surface area contributed by atoms with Crippen LogP contribution in [-0.4, -0.2) is 81.0 Å². The molecule has 0 saturated carbocycles. The van der Waals surface area contributed by atoms with Gasteiger partial charge in [0.05, 0.1) is 24.5 Å². The molecule has 2 fully saturated rings. The molecule has 0 radical (unpaired) electrons. The summed E-state index contributed by atoms with van der Waals surface area (Å²) in [5.74, 6) is 0.0176. The van der Waals surface area contributed by atoms with Crippen molar-refractivity contribution >= 4 is 23.4 Å². The number of halogens is 1. The van der Waals surface area contributed by atoms with Crippen LogP contribution in [0.3, 0.4) is 0 Å². The molecule has 1 N–H and O–H groups in total. The van der Waals surface area contributed by atoms with Gasteiger partial charge in [-0.25, -0.2) is 19.2 Å². The topological polar surface area (TPSA) is 68.4 Å². The molecule has 3 aliphatic rings. The highest BCUT2D eigenvalue weighted by Crippen LogP contribution is 2.29. The number of rotatable bonds is 6. The number of anilines is 2. The molecule has 0 spiro atoms. The zero-order valence-electron chi connectivity index (χ0n) is 20.2. The van der Waals surface area contributed by atoms with Gasteiger partial charge in [0.2, 0.25) is 5.91 Å². The van der Waals surface area contributed by atoms with Crippen molar-refractivity contribution in [3.05, 3.63) is 47.8 Å². The SMILES string of the molecule is CC(=O)NC[C@H]1CN(c2ccc(N3CCN(C)N(CC4=CC=CC(C)C4)CC3)c(F)c2)C(=O)O1. The van der Waals surface area contributed by atoms with Crippen LogP contribution in [0.5, 0.6) is 0 Å². The van der Waals surface area contributed by atoms with Crippen molar-refractivity contribution in [2.75, 3.05) is 62.7 Å². The van der Waals surface area contributed by atoms with E-state index in [1.54, 1.807) is 12.1 Å². The molecule has 184 valence electrons. The number of hydrogen-bond acceptors (Lipinski definition) is 6. The summed E-state index contributed by atoms with van der Waals surface area (Å²) in [5, 5.41) is 7.21. The normalized spacial score (nSPS) is 24.1. The van der Waals surface area contributed by atoms with Gasteiger partial charge in [-0.15, -0.1) is 0 Å². The van der Waals surface area contributed by atoms with Gasteiger partial charge in [-0.05, 0) is 30.5 Å². The smallest absolute Gasteiger partial charge is 0.414 e. The summed E-state index contributed by atoms with van der Waals surface area (Å²) in [6.45, 7) is 8.05. The van der Waals surface area contributed by atoms with E-state index < -0.39 is 12.2 Å². The highest BCUT2D eigenvalue weighted by atomic mass is 19.1. The molecule has 1 unspecified atom stereocenters.